The van der Waals surface area contributed by atoms with Gasteiger partial charge in [0.15, 0.2) is 5.69 Å². The van der Waals surface area contributed by atoms with Crippen molar-refractivity contribution in [2.24, 2.45) is 0 Å². The van der Waals surface area contributed by atoms with Crippen LogP contribution >= 0.6 is 0 Å². The number of carboxylic acids is 1. The molecule has 0 saturated carbocycles. The Balaban J connectivity index is 1.62. The first-order chi connectivity index (χ1) is 12.5. The second-order valence-electron chi connectivity index (χ2n) is 6.39. The maximum atomic E-state index is 12.8. The summed E-state index contributed by atoms with van der Waals surface area (Å²) in [5.74, 6) is -0.687. The van der Waals surface area contributed by atoms with Gasteiger partial charge in [-0.1, -0.05) is 6.07 Å². The fourth-order valence-corrected chi connectivity index (χ4v) is 3.29. The Hall–Kier alpha value is -3.29. The largest absolute Gasteiger partial charge is 0.476 e. The summed E-state index contributed by atoms with van der Waals surface area (Å²) in [6, 6.07) is 5.84. The van der Waals surface area contributed by atoms with E-state index in [1.54, 1.807) is 4.90 Å². The Bertz CT molecular complexity index is 996. The molecule has 0 radical (unpaired) electrons. The van der Waals surface area contributed by atoms with Crippen molar-refractivity contribution in [3.05, 3.63) is 53.4 Å². The van der Waals surface area contributed by atoms with Crippen LogP contribution < -0.4 is 0 Å². The zero-order valence-corrected chi connectivity index (χ0v) is 14.1. The predicted molar refractivity (Wildman–Crippen MR) is 92.8 cm³/mol. The minimum atomic E-state index is -1.17. The molecule has 1 aromatic carbocycles. The summed E-state index contributed by atoms with van der Waals surface area (Å²) < 4.78 is 0. The van der Waals surface area contributed by atoms with Gasteiger partial charge in [-0.3, -0.25) is 4.79 Å². The van der Waals surface area contributed by atoms with E-state index in [1.807, 2.05) is 25.1 Å². The molecular formula is C18H17N5O3. The maximum absolute atomic E-state index is 12.8. The smallest absolute Gasteiger partial charge is 0.356 e. The number of carboxylic acid groups (broad SMARTS) is 1. The second-order valence-corrected chi connectivity index (χ2v) is 6.39. The summed E-state index contributed by atoms with van der Waals surface area (Å²) in [6.45, 7) is 2.62. The number of carbonyl (C=O) groups is 2. The number of rotatable bonds is 3. The molecule has 0 bridgehead atoms. The normalized spacial score (nSPS) is 17.0. The molecule has 1 aliphatic rings. The predicted octanol–water partition coefficient (Wildman–Crippen LogP) is 2.34. The standard InChI is InChI=1S/C18H17N5O3/c1-10-4-5-11-12(7-10)22-16(21-11)15-3-2-6-23(15)17(24)13-8-20-14(9-19-13)18(25)26/h4-5,7-9,15H,2-3,6H2,1H3,(H,21,22)(H,25,26). The van der Waals surface area contributed by atoms with Gasteiger partial charge in [-0.05, 0) is 37.5 Å². The number of imidazole rings is 1. The van der Waals surface area contributed by atoms with Crippen LogP contribution in [0.3, 0.4) is 0 Å². The number of aromatic carboxylic acids is 1. The molecule has 1 fully saturated rings. The number of hydrogen-bond acceptors (Lipinski definition) is 5. The molecule has 1 amide bonds. The van der Waals surface area contributed by atoms with E-state index in [0.29, 0.717) is 6.54 Å². The Kier molecular flexibility index (Phi) is 3.87. The van der Waals surface area contributed by atoms with E-state index in [1.165, 1.54) is 6.20 Å². The molecule has 0 spiro atoms. The summed E-state index contributed by atoms with van der Waals surface area (Å²) >= 11 is 0. The van der Waals surface area contributed by atoms with Crippen molar-refractivity contribution in [2.45, 2.75) is 25.8 Å². The molecule has 0 aliphatic carbocycles. The van der Waals surface area contributed by atoms with Gasteiger partial charge in [0.25, 0.3) is 5.91 Å². The number of aryl methyl sites for hydroxylation is 1. The van der Waals surface area contributed by atoms with Gasteiger partial charge in [0, 0.05) is 6.54 Å². The quantitative estimate of drug-likeness (QED) is 0.749. The number of H-pyrrole nitrogens is 1. The lowest BCUT2D eigenvalue weighted by Crippen LogP contribution is -2.32. The van der Waals surface area contributed by atoms with E-state index in [2.05, 4.69) is 19.9 Å². The van der Waals surface area contributed by atoms with E-state index in [9.17, 15) is 9.59 Å². The third-order valence-corrected chi connectivity index (χ3v) is 4.58. The second kappa shape index (κ2) is 6.21. The average molecular weight is 351 g/mol. The van der Waals surface area contributed by atoms with Gasteiger partial charge >= 0.3 is 5.97 Å². The molecule has 8 nitrogen and oxygen atoms in total. The topological polar surface area (TPSA) is 112 Å². The number of nitrogens with zero attached hydrogens (tertiary/aromatic N) is 4. The molecule has 2 aromatic heterocycles. The van der Waals surface area contributed by atoms with Crippen LogP contribution in [-0.2, 0) is 0 Å². The number of carbonyl (C=O) groups excluding carboxylic acids is 1. The van der Waals surface area contributed by atoms with E-state index in [0.717, 1.165) is 41.5 Å². The van der Waals surface area contributed by atoms with Crippen LogP contribution in [0.1, 0.15) is 51.2 Å². The van der Waals surface area contributed by atoms with Crippen LogP contribution in [-0.4, -0.2) is 48.4 Å². The van der Waals surface area contributed by atoms with Crippen LogP contribution in [0.15, 0.2) is 30.6 Å². The van der Waals surface area contributed by atoms with E-state index >= 15 is 0 Å². The number of amides is 1. The minimum absolute atomic E-state index is 0.133. The number of likely N-dealkylation sites (tertiary alicyclic amines) is 1. The highest BCUT2D eigenvalue weighted by Gasteiger charge is 2.33. The van der Waals surface area contributed by atoms with Crippen LogP contribution in [0.4, 0.5) is 0 Å². The lowest BCUT2D eigenvalue weighted by atomic mass is 10.2. The summed E-state index contributed by atoms with van der Waals surface area (Å²) in [6.07, 6.45) is 3.99. The van der Waals surface area contributed by atoms with Gasteiger partial charge in [0.2, 0.25) is 0 Å². The molecule has 3 heterocycles. The molecule has 8 heteroatoms. The summed E-state index contributed by atoms with van der Waals surface area (Å²) in [5, 5.41) is 8.89. The molecule has 26 heavy (non-hydrogen) atoms. The highest BCUT2D eigenvalue weighted by atomic mass is 16.4. The molecule has 3 aromatic rings. The van der Waals surface area contributed by atoms with Crippen molar-refractivity contribution in [2.75, 3.05) is 6.54 Å². The number of fused-ring (bicyclic) bond motifs is 1. The SMILES string of the molecule is Cc1ccc2nc(C3CCCN3C(=O)c3cnc(C(=O)O)cn3)[nH]c2c1. The first kappa shape index (κ1) is 16.2. The molecule has 1 saturated heterocycles. The van der Waals surface area contributed by atoms with Crippen LogP contribution in [0.2, 0.25) is 0 Å². The minimum Gasteiger partial charge on any atom is -0.476 e. The van der Waals surface area contributed by atoms with E-state index in [-0.39, 0.29) is 23.3 Å². The number of benzene rings is 1. The summed E-state index contributed by atoms with van der Waals surface area (Å²) in [5.41, 5.74) is 2.90. The zero-order chi connectivity index (χ0) is 18.3. The fourth-order valence-electron chi connectivity index (χ4n) is 3.29. The van der Waals surface area contributed by atoms with E-state index in [4.69, 9.17) is 5.11 Å². The summed E-state index contributed by atoms with van der Waals surface area (Å²) in [4.78, 5) is 41.1. The maximum Gasteiger partial charge on any atom is 0.356 e. The molecular weight excluding hydrogens is 334 g/mol. The third kappa shape index (κ3) is 2.79. The molecule has 2 N–H and O–H groups in total. The van der Waals surface area contributed by atoms with Crippen LogP contribution in [0.5, 0.6) is 0 Å². The zero-order valence-electron chi connectivity index (χ0n) is 14.1. The molecule has 132 valence electrons. The highest BCUT2D eigenvalue weighted by Crippen LogP contribution is 2.32. The van der Waals surface area contributed by atoms with Crippen LogP contribution in [0.25, 0.3) is 11.0 Å². The van der Waals surface area contributed by atoms with Crippen molar-refractivity contribution in [3.8, 4) is 0 Å². The molecule has 1 aliphatic heterocycles. The molecule has 1 unspecified atom stereocenters. The Morgan fingerprint density at radius 1 is 1.23 bits per heavy atom. The van der Waals surface area contributed by atoms with Crippen LogP contribution in [0, 0.1) is 6.92 Å². The van der Waals surface area contributed by atoms with Gasteiger partial charge in [-0.15, -0.1) is 0 Å². The van der Waals surface area contributed by atoms with Gasteiger partial charge in [0.1, 0.15) is 11.5 Å². The van der Waals surface area contributed by atoms with Gasteiger partial charge < -0.3 is 15.0 Å². The molecule has 4 rings (SSSR count). The first-order valence-corrected chi connectivity index (χ1v) is 8.35. The monoisotopic (exact) mass is 351 g/mol. The number of aromatic amines is 1. The van der Waals surface area contributed by atoms with Crippen molar-refractivity contribution in [3.63, 3.8) is 0 Å². The van der Waals surface area contributed by atoms with Crippen molar-refractivity contribution in [1.82, 2.24) is 24.8 Å². The van der Waals surface area contributed by atoms with Crippen molar-refractivity contribution in [1.29, 1.82) is 0 Å². The van der Waals surface area contributed by atoms with Crippen molar-refractivity contribution >= 4 is 22.9 Å². The number of hydrogen-bond donors (Lipinski definition) is 2. The average Bonchev–Trinajstić information content (AvgIpc) is 3.27. The Labute approximate surface area is 148 Å². The lowest BCUT2D eigenvalue weighted by molar-refractivity contribution is 0.0683. The Morgan fingerprint density at radius 3 is 2.73 bits per heavy atom. The third-order valence-electron chi connectivity index (χ3n) is 4.58. The highest BCUT2D eigenvalue weighted by molar-refractivity contribution is 5.93. The first-order valence-electron chi connectivity index (χ1n) is 8.35. The fraction of sp³-hybridized carbons (Fsp3) is 0.278. The van der Waals surface area contributed by atoms with E-state index < -0.39 is 5.97 Å². The van der Waals surface area contributed by atoms with Gasteiger partial charge in [-0.25, -0.2) is 19.7 Å². The number of nitrogens with one attached hydrogen (secondary N) is 1. The number of aromatic nitrogens is 4. The van der Waals surface area contributed by atoms with Gasteiger partial charge in [0.05, 0.1) is 29.5 Å². The lowest BCUT2D eigenvalue weighted by Gasteiger charge is -2.22. The Morgan fingerprint density at radius 2 is 2.00 bits per heavy atom. The summed E-state index contributed by atoms with van der Waals surface area (Å²) in [7, 11) is 0. The molecule has 1 atom stereocenters. The van der Waals surface area contributed by atoms with Gasteiger partial charge in [-0.2, -0.15) is 0 Å². The van der Waals surface area contributed by atoms with Crippen molar-refractivity contribution < 1.29 is 14.7 Å².